The summed E-state index contributed by atoms with van der Waals surface area (Å²) >= 11 is 0. The molecule has 122 valence electrons. The van der Waals surface area contributed by atoms with Crippen molar-refractivity contribution in [3.8, 4) is 0 Å². The fourth-order valence-electron chi connectivity index (χ4n) is 2.64. The minimum Gasteiger partial charge on any atom is -0.363 e. The molecule has 0 unspecified atom stereocenters. The van der Waals surface area contributed by atoms with E-state index in [0.29, 0.717) is 18.8 Å². The van der Waals surface area contributed by atoms with Gasteiger partial charge < -0.3 is 14.7 Å². The summed E-state index contributed by atoms with van der Waals surface area (Å²) < 4.78 is 1.61. The topological polar surface area (TPSA) is 70.4 Å². The van der Waals surface area contributed by atoms with E-state index in [-0.39, 0.29) is 5.91 Å². The molecule has 2 aromatic rings. The van der Waals surface area contributed by atoms with E-state index in [1.165, 1.54) is 0 Å². The predicted molar refractivity (Wildman–Crippen MR) is 87.7 cm³/mol. The Labute approximate surface area is 135 Å². The van der Waals surface area contributed by atoms with E-state index in [0.717, 1.165) is 24.7 Å². The lowest BCUT2D eigenvalue weighted by atomic mass is 10.2. The monoisotopic (exact) mass is 315 g/mol. The van der Waals surface area contributed by atoms with E-state index in [2.05, 4.69) is 20.0 Å². The summed E-state index contributed by atoms with van der Waals surface area (Å²) in [5.74, 6) is 1.81. The molecular weight excluding hydrogens is 294 g/mol. The molecule has 0 bridgehead atoms. The Morgan fingerprint density at radius 1 is 1.17 bits per heavy atom. The van der Waals surface area contributed by atoms with Crippen LogP contribution in [-0.4, -0.2) is 70.8 Å². The number of hydrogen-bond acceptors (Lipinski definition) is 6. The van der Waals surface area contributed by atoms with E-state index in [4.69, 9.17) is 0 Å². The van der Waals surface area contributed by atoms with Gasteiger partial charge in [-0.3, -0.25) is 9.48 Å². The molecule has 1 fully saturated rings. The van der Waals surface area contributed by atoms with Crippen molar-refractivity contribution in [1.82, 2.24) is 24.6 Å². The summed E-state index contributed by atoms with van der Waals surface area (Å²) in [6.45, 7) is 2.86. The molecule has 1 aliphatic rings. The zero-order valence-corrected chi connectivity index (χ0v) is 13.7. The summed E-state index contributed by atoms with van der Waals surface area (Å²) in [7, 11) is 5.69. The second kappa shape index (κ2) is 6.23. The first-order chi connectivity index (χ1) is 11.1. The molecule has 0 aromatic carbocycles. The Balaban J connectivity index is 1.66. The number of aryl methyl sites for hydroxylation is 1. The molecule has 8 heteroatoms. The van der Waals surface area contributed by atoms with Crippen LogP contribution in [0.3, 0.4) is 0 Å². The predicted octanol–water partition coefficient (Wildman–Crippen LogP) is 0.239. The van der Waals surface area contributed by atoms with Crippen molar-refractivity contribution in [3.63, 3.8) is 0 Å². The van der Waals surface area contributed by atoms with Gasteiger partial charge in [-0.15, -0.1) is 0 Å². The van der Waals surface area contributed by atoms with Gasteiger partial charge in [-0.05, 0) is 6.07 Å². The number of amides is 1. The minimum atomic E-state index is 0.0290. The zero-order valence-electron chi connectivity index (χ0n) is 13.7. The average Bonchev–Trinajstić information content (AvgIpc) is 3.00. The third-order valence-corrected chi connectivity index (χ3v) is 4.03. The molecule has 0 saturated carbocycles. The highest BCUT2D eigenvalue weighted by molar-refractivity contribution is 5.92. The van der Waals surface area contributed by atoms with Crippen molar-refractivity contribution in [2.75, 3.05) is 50.1 Å². The van der Waals surface area contributed by atoms with Gasteiger partial charge in [0, 0.05) is 59.6 Å². The third-order valence-electron chi connectivity index (χ3n) is 4.03. The maximum absolute atomic E-state index is 12.5. The fraction of sp³-hybridized carbons (Fsp3) is 0.467. The normalized spacial score (nSPS) is 14.9. The van der Waals surface area contributed by atoms with Crippen LogP contribution in [0.2, 0.25) is 0 Å². The van der Waals surface area contributed by atoms with E-state index >= 15 is 0 Å². The Morgan fingerprint density at radius 2 is 1.91 bits per heavy atom. The summed E-state index contributed by atoms with van der Waals surface area (Å²) in [4.78, 5) is 27.1. The molecule has 0 N–H and O–H groups in total. The van der Waals surface area contributed by atoms with E-state index in [1.54, 1.807) is 30.3 Å². The fourth-order valence-corrected chi connectivity index (χ4v) is 2.64. The number of piperazine rings is 1. The smallest absolute Gasteiger partial charge is 0.272 e. The highest BCUT2D eigenvalue weighted by Gasteiger charge is 2.24. The van der Waals surface area contributed by atoms with Gasteiger partial charge >= 0.3 is 0 Å². The van der Waals surface area contributed by atoms with Gasteiger partial charge in [0.25, 0.3) is 5.91 Å². The van der Waals surface area contributed by atoms with Crippen LogP contribution >= 0.6 is 0 Å². The highest BCUT2D eigenvalue weighted by atomic mass is 16.2. The van der Waals surface area contributed by atoms with Gasteiger partial charge in [0.05, 0.1) is 0 Å². The average molecular weight is 315 g/mol. The van der Waals surface area contributed by atoms with Crippen LogP contribution in [0, 0.1) is 0 Å². The van der Waals surface area contributed by atoms with E-state index < -0.39 is 0 Å². The number of rotatable bonds is 3. The molecule has 23 heavy (non-hydrogen) atoms. The number of carbonyl (C=O) groups excluding carboxylic acids is 1. The number of nitrogens with zero attached hydrogens (tertiary/aromatic N) is 7. The first-order valence-corrected chi connectivity index (χ1v) is 7.58. The quantitative estimate of drug-likeness (QED) is 0.808. The Kier molecular flexibility index (Phi) is 4.14. The van der Waals surface area contributed by atoms with E-state index in [9.17, 15) is 4.79 Å². The summed E-state index contributed by atoms with van der Waals surface area (Å²) in [5.41, 5.74) is 0.621. The lowest BCUT2D eigenvalue weighted by Gasteiger charge is -2.35. The molecular formula is C15H21N7O. The molecule has 0 spiro atoms. The molecule has 8 nitrogen and oxygen atoms in total. The van der Waals surface area contributed by atoms with Crippen molar-refractivity contribution >= 4 is 17.5 Å². The van der Waals surface area contributed by atoms with Gasteiger partial charge in [-0.25, -0.2) is 9.97 Å². The Morgan fingerprint density at radius 3 is 2.52 bits per heavy atom. The van der Waals surface area contributed by atoms with Gasteiger partial charge in [0.1, 0.15) is 23.7 Å². The van der Waals surface area contributed by atoms with Gasteiger partial charge in [-0.1, -0.05) is 0 Å². The number of carbonyl (C=O) groups is 1. The summed E-state index contributed by atoms with van der Waals surface area (Å²) in [6, 6.07) is 3.72. The SMILES string of the molecule is CN(C)c1cc(N2CCN(C(=O)c3ccnn3C)CC2)ncn1. The standard InChI is InChI=1S/C15H21N7O/c1-19(2)13-10-14(17-11-16-13)21-6-8-22(9-7-21)15(23)12-4-5-18-20(12)3/h4-5,10-11H,6-9H2,1-3H3. The second-order valence-electron chi connectivity index (χ2n) is 5.75. The maximum atomic E-state index is 12.5. The number of anilines is 2. The molecule has 1 saturated heterocycles. The highest BCUT2D eigenvalue weighted by Crippen LogP contribution is 2.18. The molecule has 3 heterocycles. The Hall–Kier alpha value is -2.64. The van der Waals surface area contributed by atoms with Crippen LogP contribution in [0.15, 0.2) is 24.7 Å². The van der Waals surface area contributed by atoms with E-state index in [1.807, 2.05) is 30.0 Å². The Bertz CT molecular complexity index is 689. The van der Waals surface area contributed by atoms with Crippen molar-refractivity contribution in [3.05, 3.63) is 30.4 Å². The van der Waals surface area contributed by atoms with Crippen molar-refractivity contribution < 1.29 is 4.79 Å². The first kappa shape index (κ1) is 15.3. The number of hydrogen-bond donors (Lipinski definition) is 0. The summed E-state index contributed by atoms with van der Waals surface area (Å²) in [6.07, 6.45) is 3.23. The molecule has 0 aliphatic carbocycles. The molecule has 1 aliphatic heterocycles. The lowest BCUT2D eigenvalue weighted by molar-refractivity contribution is 0.0735. The largest absolute Gasteiger partial charge is 0.363 e. The minimum absolute atomic E-state index is 0.0290. The molecule has 0 atom stereocenters. The molecule has 1 amide bonds. The third kappa shape index (κ3) is 3.10. The molecule has 0 radical (unpaired) electrons. The van der Waals surface area contributed by atoms with Gasteiger partial charge in [0.15, 0.2) is 0 Å². The van der Waals surface area contributed by atoms with Crippen molar-refractivity contribution in [2.24, 2.45) is 7.05 Å². The van der Waals surface area contributed by atoms with Crippen LogP contribution in [0.1, 0.15) is 10.5 Å². The van der Waals surface area contributed by atoms with Crippen molar-refractivity contribution in [1.29, 1.82) is 0 Å². The van der Waals surface area contributed by atoms with Gasteiger partial charge in [0.2, 0.25) is 0 Å². The second-order valence-corrected chi connectivity index (χ2v) is 5.75. The van der Waals surface area contributed by atoms with Crippen LogP contribution in [0.5, 0.6) is 0 Å². The van der Waals surface area contributed by atoms with Gasteiger partial charge in [-0.2, -0.15) is 5.10 Å². The molecule has 3 rings (SSSR count). The lowest BCUT2D eigenvalue weighted by Crippen LogP contribution is -2.49. The summed E-state index contributed by atoms with van der Waals surface area (Å²) in [5, 5.41) is 4.06. The van der Waals surface area contributed by atoms with Crippen LogP contribution < -0.4 is 9.80 Å². The van der Waals surface area contributed by atoms with Crippen LogP contribution in [-0.2, 0) is 7.05 Å². The maximum Gasteiger partial charge on any atom is 0.272 e. The first-order valence-electron chi connectivity index (χ1n) is 7.58. The zero-order chi connectivity index (χ0) is 16.4. The van der Waals surface area contributed by atoms with Crippen molar-refractivity contribution in [2.45, 2.75) is 0 Å². The molecule has 2 aromatic heterocycles. The number of aromatic nitrogens is 4. The van der Waals surface area contributed by atoms with Crippen LogP contribution in [0.25, 0.3) is 0 Å². The van der Waals surface area contributed by atoms with Crippen LogP contribution in [0.4, 0.5) is 11.6 Å².